The molecule has 1 aliphatic carbocycles. The molecule has 0 saturated heterocycles. The van der Waals surface area contributed by atoms with E-state index in [1.807, 2.05) is 0 Å². The van der Waals surface area contributed by atoms with Gasteiger partial charge in [0, 0.05) is 18.0 Å². The summed E-state index contributed by atoms with van der Waals surface area (Å²) in [7, 11) is 0. The molecule has 4 nitrogen and oxygen atoms in total. The van der Waals surface area contributed by atoms with E-state index in [1.54, 1.807) is 0 Å². The molecule has 2 N–H and O–H groups in total. The molecule has 112 valence electrons. The fourth-order valence-corrected chi connectivity index (χ4v) is 2.63. The molecular weight excluding hydrogens is 295 g/mol. The van der Waals surface area contributed by atoms with Gasteiger partial charge in [0.25, 0.3) is 0 Å². The van der Waals surface area contributed by atoms with Crippen LogP contribution in [-0.4, -0.2) is 28.2 Å². The Labute approximate surface area is 119 Å². The number of aliphatic hydroxyl groups excluding tert-OH is 1. The second-order valence-corrected chi connectivity index (χ2v) is 5.46. The number of aromatic nitrogens is 2. The Hall–Kier alpha value is -1.08. The molecule has 0 radical (unpaired) electrons. The lowest BCUT2D eigenvalue weighted by Crippen LogP contribution is -2.31. The average molecular weight is 310 g/mol. The van der Waals surface area contributed by atoms with Crippen molar-refractivity contribution in [2.75, 3.05) is 18.5 Å². The third-order valence-electron chi connectivity index (χ3n) is 3.63. The van der Waals surface area contributed by atoms with Gasteiger partial charge in [0.15, 0.2) is 5.69 Å². The maximum absolute atomic E-state index is 12.6. The van der Waals surface area contributed by atoms with Gasteiger partial charge in [0.05, 0.1) is 6.61 Å². The van der Waals surface area contributed by atoms with E-state index in [9.17, 15) is 18.3 Å². The van der Waals surface area contributed by atoms with Gasteiger partial charge < -0.3 is 10.4 Å². The zero-order chi connectivity index (χ0) is 14.8. The largest absolute Gasteiger partial charge is 0.433 e. The van der Waals surface area contributed by atoms with E-state index in [2.05, 4.69) is 15.3 Å². The lowest BCUT2D eigenvalue weighted by Gasteiger charge is -2.26. The van der Waals surface area contributed by atoms with Gasteiger partial charge in [-0.3, -0.25) is 0 Å². The quantitative estimate of drug-likeness (QED) is 0.839. The Kier molecular flexibility index (Phi) is 4.39. The fraction of sp³-hybridized carbons (Fsp3) is 0.667. The van der Waals surface area contributed by atoms with Crippen LogP contribution in [0.5, 0.6) is 0 Å². The molecule has 1 aromatic heterocycles. The van der Waals surface area contributed by atoms with Gasteiger partial charge in [-0.05, 0) is 24.4 Å². The SMILES string of the molecule is OCC1(CNc2cc(C(F)(F)F)nc(Cl)n2)CCCC1. The third-order valence-corrected chi connectivity index (χ3v) is 3.80. The second kappa shape index (κ2) is 5.73. The first-order chi connectivity index (χ1) is 9.35. The predicted molar refractivity (Wildman–Crippen MR) is 68.5 cm³/mol. The molecule has 1 heterocycles. The molecule has 0 spiro atoms. The maximum Gasteiger partial charge on any atom is 0.433 e. The van der Waals surface area contributed by atoms with E-state index in [1.165, 1.54) is 0 Å². The first kappa shape index (κ1) is 15.3. The zero-order valence-electron chi connectivity index (χ0n) is 10.7. The number of alkyl halides is 3. The molecule has 0 bridgehead atoms. The van der Waals surface area contributed by atoms with Gasteiger partial charge in [-0.15, -0.1) is 0 Å². The van der Waals surface area contributed by atoms with Crippen molar-refractivity contribution in [1.82, 2.24) is 9.97 Å². The highest BCUT2D eigenvalue weighted by molar-refractivity contribution is 6.28. The van der Waals surface area contributed by atoms with Crippen LogP contribution < -0.4 is 5.32 Å². The van der Waals surface area contributed by atoms with E-state index < -0.39 is 17.2 Å². The summed E-state index contributed by atoms with van der Waals surface area (Å²) in [6, 6.07) is 0.825. The molecule has 20 heavy (non-hydrogen) atoms. The number of aliphatic hydroxyl groups is 1. The molecule has 2 rings (SSSR count). The van der Waals surface area contributed by atoms with Crippen LogP contribution in [0.25, 0.3) is 0 Å². The summed E-state index contributed by atoms with van der Waals surface area (Å²) in [6.45, 7) is 0.374. The van der Waals surface area contributed by atoms with Crippen LogP contribution in [0.4, 0.5) is 19.0 Å². The predicted octanol–water partition coefficient (Wildman–Crippen LogP) is 3.11. The number of hydrogen-bond donors (Lipinski definition) is 2. The molecule has 1 saturated carbocycles. The summed E-state index contributed by atoms with van der Waals surface area (Å²) < 4.78 is 37.8. The van der Waals surface area contributed by atoms with Crippen molar-refractivity contribution in [1.29, 1.82) is 0 Å². The minimum Gasteiger partial charge on any atom is -0.396 e. The third kappa shape index (κ3) is 3.52. The summed E-state index contributed by atoms with van der Waals surface area (Å²) in [5.41, 5.74) is -1.36. The van der Waals surface area contributed by atoms with E-state index >= 15 is 0 Å². The van der Waals surface area contributed by atoms with E-state index in [0.29, 0.717) is 6.54 Å². The Morgan fingerprint density at radius 3 is 2.50 bits per heavy atom. The monoisotopic (exact) mass is 309 g/mol. The number of nitrogens with one attached hydrogen (secondary N) is 1. The van der Waals surface area contributed by atoms with Crippen LogP contribution in [0.3, 0.4) is 0 Å². The molecule has 1 aliphatic rings. The van der Waals surface area contributed by atoms with Crippen LogP contribution in [-0.2, 0) is 6.18 Å². The van der Waals surface area contributed by atoms with Crippen molar-refractivity contribution < 1.29 is 18.3 Å². The van der Waals surface area contributed by atoms with Crippen LogP contribution >= 0.6 is 11.6 Å². The van der Waals surface area contributed by atoms with Gasteiger partial charge in [-0.2, -0.15) is 13.2 Å². The highest BCUT2D eigenvalue weighted by atomic mass is 35.5. The molecule has 8 heteroatoms. The first-order valence-corrected chi connectivity index (χ1v) is 6.69. The summed E-state index contributed by atoms with van der Waals surface area (Å²) in [4.78, 5) is 6.90. The second-order valence-electron chi connectivity index (χ2n) is 5.12. The van der Waals surface area contributed by atoms with Crippen molar-refractivity contribution in [2.45, 2.75) is 31.9 Å². The Bertz CT molecular complexity index is 476. The van der Waals surface area contributed by atoms with Crippen molar-refractivity contribution in [2.24, 2.45) is 5.41 Å². The van der Waals surface area contributed by atoms with Crippen molar-refractivity contribution in [3.05, 3.63) is 17.0 Å². The lowest BCUT2D eigenvalue weighted by molar-refractivity contribution is -0.141. The van der Waals surface area contributed by atoms with Gasteiger partial charge >= 0.3 is 6.18 Å². The fourth-order valence-electron chi connectivity index (χ4n) is 2.45. The number of nitrogens with zero attached hydrogens (tertiary/aromatic N) is 2. The first-order valence-electron chi connectivity index (χ1n) is 6.31. The number of rotatable bonds is 4. The van der Waals surface area contributed by atoms with E-state index in [4.69, 9.17) is 11.6 Å². The van der Waals surface area contributed by atoms with Gasteiger partial charge in [0.2, 0.25) is 5.28 Å². The van der Waals surface area contributed by atoms with E-state index in [-0.39, 0.29) is 17.8 Å². The normalized spacial score (nSPS) is 18.2. The van der Waals surface area contributed by atoms with Crippen molar-refractivity contribution in [3.63, 3.8) is 0 Å². The van der Waals surface area contributed by atoms with Crippen LogP contribution in [0, 0.1) is 5.41 Å². The topological polar surface area (TPSA) is 58.0 Å². The Morgan fingerprint density at radius 1 is 1.30 bits per heavy atom. The lowest BCUT2D eigenvalue weighted by atomic mass is 9.87. The maximum atomic E-state index is 12.6. The summed E-state index contributed by atoms with van der Waals surface area (Å²) >= 11 is 5.51. The highest BCUT2D eigenvalue weighted by Gasteiger charge is 2.35. The smallest absolute Gasteiger partial charge is 0.396 e. The van der Waals surface area contributed by atoms with Gasteiger partial charge in [-0.25, -0.2) is 9.97 Å². The number of halogens is 4. The van der Waals surface area contributed by atoms with E-state index in [0.717, 1.165) is 31.7 Å². The molecule has 0 aliphatic heterocycles. The molecule has 0 aromatic carbocycles. The molecule has 0 unspecified atom stereocenters. The standard InChI is InChI=1S/C12H15ClF3N3O/c13-10-18-8(12(14,15)16)5-9(19-10)17-6-11(7-20)3-1-2-4-11/h5,20H,1-4,6-7H2,(H,17,18,19). The summed E-state index contributed by atoms with van der Waals surface area (Å²) in [5, 5.41) is 11.8. The molecule has 1 fully saturated rings. The zero-order valence-corrected chi connectivity index (χ0v) is 11.4. The average Bonchev–Trinajstić information content (AvgIpc) is 2.84. The minimum atomic E-state index is -4.56. The number of anilines is 1. The van der Waals surface area contributed by atoms with Crippen LogP contribution in [0.1, 0.15) is 31.4 Å². The van der Waals surface area contributed by atoms with Crippen molar-refractivity contribution >= 4 is 17.4 Å². The van der Waals surface area contributed by atoms with Crippen LogP contribution in [0.15, 0.2) is 6.07 Å². The molecular formula is C12H15ClF3N3O. The molecule has 0 amide bonds. The number of hydrogen-bond acceptors (Lipinski definition) is 4. The van der Waals surface area contributed by atoms with Gasteiger partial charge in [-0.1, -0.05) is 12.8 Å². The highest BCUT2D eigenvalue weighted by Crippen LogP contribution is 2.38. The van der Waals surface area contributed by atoms with Gasteiger partial charge in [0.1, 0.15) is 5.82 Å². The summed E-state index contributed by atoms with van der Waals surface area (Å²) in [6.07, 6.45) is -0.838. The molecule has 0 atom stereocenters. The summed E-state index contributed by atoms with van der Waals surface area (Å²) in [5.74, 6) is 0.0250. The van der Waals surface area contributed by atoms with Crippen LogP contribution in [0.2, 0.25) is 5.28 Å². The Balaban J connectivity index is 2.11. The minimum absolute atomic E-state index is 0.00490. The Morgan fingerprint density at radius 2 is 1.95 bits per heavy atom. The van der Waals surface area contributed by atoms with Crippen molar-refractivity contribution in [3.8, 4) is 0 Å². The molecule has 1 aromatic rings.